The lowest BCUT2D eigenvalue weighted by atomic mass is 10.1. The van der Waals surface area contributed by atoms with Crippen LogP contribution in [0.2, 0.25) is 0 Å². The molecule has 1 heterocycles. The van der Waals surface area contributed by atoms with Crippen molar-refractivity contribution in [3.05, 3.63) is 31.8 Å². The number of thioether (sulfide) groups is 1. The van der Waals surface area contributed by atoms with Crippen molar-refractivity contribution in [1.29, 1.82) is 0 Å². The van der Waals surface area contributed by atoms with E-state index in [1.165, 1.54) is 16.7 Å². The van der Waals surface area contributed by atoms with Gasteiger partial charge in [-0.2, -0.15) is 0 Å². The third kappa shape index (κ3) is 3.08. The molecule has 0 saturated carbocycles. The van der Waals surface area contributed by atoms with E-state index >= 15 is 0 Å². The highest BCUT2D eigenvalue weighted by molar-refractivity contribution is 14.1. The Bertz CT molecular complexity index is 540. The van der Waals surface area contributed by atoms with Crippen LogP contribution >= 0.6 is 50.3 Å². The fourth-order valence-electron chi connectivity index (χ4n) is 1.94. The molecule has 2 unspecified atom stereocenters. The van der Waals surface area contributed by atoms with Crippen LogP contribution in [0.4, 0.5) is 0 Å². The second kappa shape index (κ2) is 6.01. The van der Waals surface area contributed by atoms with Crippen LogP contribution in [0.15, 0.2) is 22.7 Å². The third-order valence-electron chi connectivity index (χ3n) is 2.90. The number of hydrogen-bond donors (Lipinski definition) is 1. The summed E-state index contributed by atoms with van der Waals surface area (Å²) in [5.74, 6) is -0.758. The number of hydrogen-bond acceptors (Lipinski definition) is 3. The van der Waals surface area contributed by atoms with Crippen molar-refractivity contribution in [2.75, 3.05) is 5.75 Å². The maximum atomic E-state index is 12.6. The first kappa shape index (κ1) is 15.1. The number of benzene rings is 1. The number of rotatable bonds is 2. The molecule has 2 rings (SSSR count). The first-order chi connectivity index (χ1) is 8.91. The van der Waals surface area contributed by atoms with Gasteiger partial charge in [0.25, 0.3) is 5.91 Å². The highest BCUT2D eigenvalue weighted by atomic mass is 127. The summed E-state index contributed by atoms with van der Waals surface area (Å²) in [7, 11) is 0. The van der Waals surface area contributed by atoms with Crippen LogP contribution in [0.3, 0.4) is 0 Å². The van der Waals surface area contributed by atoms with Gasteiger partial charge in [-0.05, 0) is 63.6 Å². The Morgan fingerprint density at radius 2 is 2.21 bits per heavy atom. The van der Waals surface area contributed by atoms with Crippen LogP contribution in [0.5, 0.6) is 0 Å². The number of carboxylic acid groups (broad SMARTS) is 1. The summed E-state index contributed by atoms with van der Waals surface area (Å²) >= 11 is 6.96. The van der Waals surface area contributed by atoms with Gasteiger partial charge in [0.1, 0.15) is 6.04 Å². The van der Waals surface area contributed by atoms with E-state index in [1.54, 1.807) is 12.1 Å². The Balaban J connectivity index is 2.37. The van der Waals surface area contributed by atoms with Crippen molar-refractivity contribution in [1.82, 2.24) is 4.90 Å². The van der Waals surface area contributed by atoms with Crippen LogP contribution in [0, 0.1) is 3.57 Å². The van der Waals surface area contributed by atoms with Crippen LogP contribution in [0.1, 0.15) is 17.3 Å². The van der Waals surface area contributed by atoms with Gasteiger partial charge >= 0.3 is 5.97 Å². The highest BCUT2D eigenvalue weighted by Gasteiger charge is 2.40. The normalized spacial score (nSPS) is 22.6. The predicted octanol–water partition coefficient (Wildman–Crippen LogP) is 3.04. The quantitative estimate of drug-likeness (QED) is 0.696. The molecule has 2 atom stereocenters. The molecule has 4 nitrogen and oxygen atoms in total. The number of halogens is 2. The van der Waals surface area contributed by atoms with Gasteiger partial charge in [-0.15, -0.1) is 11.8 Å². The lowest BCUT2D eigenvalue weighted by Crippen LogP contribution is -2.44. The highest BCUT2D eigenvalue weighted by Crippen LogP contribution is 2.32. The van der Waals surface area contributed by atoms with E-state index in [0.29, 0.717) is 15.8 Å². The first-order valence-corrected chi connectivity index (χ1v) is 8.46. The van der Waals surface area contributed by atoms with E-state index in [0.717, 1.165) is 3.57 Å². The van der Waals surface area contributed by atoms with Crippen LogP contribution in [0.25, 0.3) is 0 Å². The Morgan fingerprint density at radius 1 is 1.53 bits per heavy atom. The number of carboxylic acids is 1. The topological polar surface area (TPSA) is 57.6 Å². The van der Waals surface area contributed by atoms with Gasteiger partial charge in [0, 0.05) is 13.8 Å². The molecule has 1 N–H and O–H groups in total. The smallest absolute Gasteiger partial charge is 0.327 e. The van der Waals surface area contributed by atoms with Gasteiger partial charge in [0.2, 0.25) is 0 Å². The molecule has 1 aromatic carbocycles. The van der Waals surface area contributed by atoms with Crippen molar-refractivity contribution in [3.8, 4) is 0 Å². The number of aliphatic carboxylic acids is 1. The minimum absolute atomic E-state index is 0.127. The van der Waals surface area contributed by atoms with E-state index in [4.69, 9.17) is 0 Å². The second-order valence-corrected chi connectivity index (χ2v) is 7.57. The maximum absolute atomic E-state index is 12.6. The molecule has 1 aromatic rings. The fourth-order valence-corrected chi connectivity index (χ4v) is 4.02. The zero-order valence-corrected chi connectivity index (χ0v) is 14.5. The Hall–Kier alpha value is -0.280. The number of amides is 1. The van der Waals surface area contributed by atoms with E-state index in [1.807, 2.05) is 13.0 Å². The summed E-state index contributed by atoms with van der Waals surface area (Å²) < 4.78 is 1.63. The molecule has 0 bridgehead atoms. The van der Waals surface area contributed by atoms with E-state index in [2.05, 4.69) is 38.5 Å². The molecule has 0 radical (unpaired) electrons. The van der Waals surface area contributed by atoms with Gasteiger partial charge < -0.3 is 10.0 Å². The van der Waals surface area contributed by atoms with Crippen molar-refractivity contribution in [3.63, 3.8) is 0 Å². The molecule has 1 aliphatic heterocycles. The SMILES string of the molecule is CC1SCC(C(=O)O)N1C(=O)c1cc(I)ccc1Br. The Kier molecular flexibility index (Phi) is 4.78. The number of carbonyl (C=O) groups excluding carboxylic acids is 1. The van der Waals surface area contributed by atoms with Crippen molar-refractivity contribution >= 4 is 62.2 Å². The van der Waals surface area contributed by atoms with Gasteiger partial charge in [-0.1, -0.05) is 0 Å². The summed E-state index contributed by atoms with van der Waals surface area (Å²) in [4.78, 5) is 25.2. The standard InChI is InChI=1S/C12H11BrINO3S/c1-6-15(10(5-19-6)12(17)18)11(16)8-4-7(14)2-3-9(8)13/h2-4,6,10H,5H2,1H3,(H,17,18). The lowest BCUT2D eigenvalue weighted by Gasteiger charge is -2.25. The number of nitrogens with zero attached hydrogens (tertiary/aromatic N) is 1. The molecule has 1 amide bonds. The largest absolute Gasteiger partial charge is 0.480 e. The van der Waals surface area contributed by atoms with E-state index in [9.17, 15) is 14.7 Å². The predicted molar refractivity (Wildman–Crippen MR) is 86.4 cm³/mol. The third-order valence-corrected chi connectivity index (χ3v) is 5.48. The maximum Gasteiger partial charge on any atom is 0.327 e. The summed E-state index contributed by atoms with van der Waals surface area (Å²) in [6.07, 6.45) is 0. The molecular weight excluding hydrogens is 445 g/mol. The Labute approximate surface area is 137 Å². The van der Waals surface area contributed by atoms with Gasteiger partial charge in [-0.3, -0.25) is 4.79 Å². The lowest BCUT2D eigenvalue weighted by molar-refractivity contribution is -0.141. The van der Waals surface area contributed by atoms with Gasteiger partial charge in [0.15, 0.2) is 0 Å². The zero-order chi connectivity index (χ0) is 14.2. The molecule has 102 valence electrons. The summed E-state index contributed by atoms with van der Waals surface area (Å²) in [6, 6.07) is 4.70. The zero-order valence-electron chi connectivity index (χ0n) is 9.97. The average Bonchev–Trinajstić information content (AvgIpc) is 2.73. The van der Waals surface area contributed by atoms with Crippen LogP contribution in [-0.4, -0.2) is 39.1 Å². The minimum Gasteiger partial charge on any atom is -0.480 e. The molecule has 7 heteroatoms. The van der Waals surface area contributed by atoms with Crippen LogP contribution in [-0.2, 0) is 4.79 Å². The second-order valence-electron chi connectivity index (χ2n) is 4.12. The first-order valence-electron chi connectivity index (χ1n) is 5.54. The average molecular weight is 456 g/mol. The minimum atomic E-state index is -0.952. The molecule has 1 aliphatic rings. The van der Waals surface area contributed by atoms with Crippen molar-refractivity contribution in [2.24, 2.45) is 0 Å². The van der Waals surface area contributed by atoms with Gasteiger partial charge in [-0.25, -0.2) is 4.79 Å². The summed E-state index contributed by atoms with van der Waals surface area (Å²) in [5.41, 5.74) is 0.507. The van der Waals surface area contributed by atoms with E-state index < -0.39 is 12.0 Å². The molecule has 0 aliphatic carbocycles. The number of carbonyl (C=O) groups is 2. The van der Waals surface area contributed by atoms with Crippen LogP contribution < -0.4 is 0 Å². The van der Waals surface area contributed by atoms with Gasteiger partial charge in [0.05, 0.1) is 10.9 Å². The Morgan fingerprint density at radius 3 is 2.84 bits per heavy atom. The summed E-state index contributed by atoms with van der Waals surface area (Å²) in [5, 5.41) is 9.07. The van der Waals surface area contributed by atoms with Crippen molar-refractivity contribution in [2.45, 2.75) is 18.3 Å². The summed E-state index contributed by atoms with van der Waals surface area (Å²) in [6.45, 7) is 1.85. The molecule has 0 spiro atoms. The monoisotopic (exact) mass is 455 g/mol. The van der Waals surface area contributed by atoms with Crippen molar-refractivity contribution < 1.29 is 14.7 Å². The molecule has 1 saturated heterocycles. The molecule has 1 fully saturated rings. The molecule has 19 heavy (non-hydrogen) atoms. The van der Waals surface area contributed by atoms with E-state index in [-0.39, 0.29) is 11.3 Å². The molecular formula is C12H11BrINO3S. The fraction of sp³-hybridized carbons (Fsp3) is 0.333. The molecule has 0 aromatic heterocycles.